The zero-order valence-corrected chi connectivity index (χ0v) is 6.60. The molecule has 0 radical (unpaired) electrons. The highest BCUT2D eigenvalue weighted by atomic mass is 16.5. The Kier molecular flexibility index (Phi) is 2.57. The van der Waals surface area contributed by atoms with Gasteiger partial charge in [0.25, 0.3) is 0 Å². The van der Waals surface area contributed by atoms with Gasteiger partial charge in [0.1, 0.15) is 0 Å². The van der Waals surface area contributed by atoms with E-state index in [2.05, 4.69) is 20.3 Å². The molecule has 7 nitrogen and oxygen atoms in total. The third-order valence-electron chi connectivity index (χ3n) is 1.32. The predicted molar refractivity (Wildman–Crippen MR) is 38.9 cm³/mol. The first kappa shape index (κ1) is 8.44. The molecule has 66 valence electrons. The topological polar surface area (TPSA) is 95.9 Å². The van der Waals surface area contributed by atoms with Crippen LogP contribution in [0.2, 0.25) is 0 Å². The Balaban J connectivity index is 2.43. The van der Waals surface area contributed by atoms with E-state index in [9.17, 15) is 4.79 Å². The number of aromatic nitrogens is 4. The molecule has 0 amide bonds. The first-order valence-corrected chi connectivity index (χ1v) is 3.32. The maximum atomic E-state index is 10.7. The summed E-state index contributed by atoms with van der Waals surface area (Å²) in [6.45, 7) is 0.339. The lowest BCUT2D eigenvalue weighted by molar-refractivity contribution is -0.140. The van der Waals surface area contributed by atoms with E-state index in [1.165, 1.54) is 11.8 Å². The SMILES string of the molecule is COC(=O)CCn1nnnc1N. The number of nitrogen functional groups attached to an aromatic ring is 1. The molecule has 0 atom stereocenters. The van der Waals surface area contributed by atoms with Gasteiger partial charge in [-0.3, -0.25) is 4.79 Å². The standard InChI is InChI=1S/C5H9N5O2/c1-12-4(11)2-3-10-5(6)7-8-9-10/h2-3H2,1H3,(H2,6,7,9). The molecule has 0 aliphatic heterocycles. The minimum absolute atomic E-state index is 0.193. The lowest BCUT2D eigenvalue weighted by atomic mass is 10.4. The van der Waals surface area contributed by atoms with Crippen molar-refractivity contribution in [1.29, 1.82) is 0 Å². The van der Waals surface area contributed by atoms with Gasteiger partial charge in [-0.2, -0.15) is 0 Å². The van der Waals surface area contributed by atoms with Gasteiger partial charge in [0.05, 0.1) is 20.1 Å². The van der Waals surface area contributed by atoms with Crippen LogP contribution in [0.4, 0.5) is 5.95 Å². The van der Waals surface area contributed by atoms with Crippen molar-refractivity contribution in [3.05, 3.63) is 0 Å². The number of rotatable bonds is 3. The maximum Gasteiger partial charge on any atom is 0.307 e. The molecule has 0 saturated heterocycles. The number of aryl methyl sites for hydroxylation is 1. The van der Waals surface area contributed by atoms with Crippen LogP contribution in [0.25, 0.3) is 0 Å². The molecule has 0 aliphatic carbocycles. The maximum absolute atomic E-state index is 10.7. The third kappa shape index (κ3) is 1.91. The fourth-order valence-corrected chi connectivity index (χ4v) is 0.670. The van der Waals surface area contributed by atoms with E-state index in [1.54, 1.807) is 0 Å². The minimum atomic E-state index is -0.315. The Bertz CT molecular complexity index is 271. The summed E-state index contributed by atoms with van der Waals surface area (Å²) >= 11 is 0. The van der Waals surface area contributed by atoms with Gasteiger partial charge in [0.2, 0.25) is 5.95 Å². The third-order valence-corrected chi connectivity index (χ3v) is 1.32. The Morgan fingerprint density at radius 3 is 3.00 bits per heavy atom. The fourth-order valence-electron chi connectivity index (χ4n) is 0.670. The summed E-state index contributed by atoms with van der Waals surface area (Å²) in [5, 5.41) is 10.3. The van der Waals surface area contributed by atoms with E-state index in [4.69, 9.17) is 5.73 Å². The van der Waals surface area contributed by atoms with E-state index in [-0.39, 0.29) is 18.3 Å². The van der Waals surface area contributed by atoms with Gasteiger partial charge in [-0.1, -0.05) is 5.10 Å². The molecule has 0 unspecified atom stereocenters. The quantitative estimate of drug-likeness (QED) is 0.575. The lowest BCUT2D eigenvalue weighted by Gasteiger charge is -1.99. The Hall–Kier alpha value is -1.66. The van der Waals surface area contributed by atoms with Crippen LogP contribution in [0.15, 0.2) is 0 Å². The van der Waals surface area contributed by atoms with Crippen molar-refractivity contribution in [3.8, 4) is 0 Å². The Morgan fingerprint density at radius 1 is 1.75 bits per heavy atom. The molecular formula is C5H9N5O2. The molecule has 7 heteroatoms. The second-order valence-electron chi connectivity index (χ2n) is 2.09. The molecule has 0 aliphatic rings. The molecule has 12 heavy (non-hydrogen) atoms. The van der Waals surface area contributed by atoms with Crippen LogP contribution >= 0.6 is 0 Å². The van der Waals surface area contributed by atoms with Crippen LogP contribution in [0.5, 0.6) is 0 Å². The van der Waals surface area contributed by atoms with Gasteiger partial charge < -0.3 is 10.5 Å². The number of carbonyl (C=O) groups excluding carboxylic acids is 1. The number of carbonyl (C=O) groups is 1. The van der Waals surface area contributed by atoms with Crippen molar-refractivity contribution in [2.75, 3.05) is 12.8 Å². The number of ether oxygens (including phenoxy) is 1. The predicted octanol–water partition coefficient (Wildman–Crippen LogP) is -1.18. The molecule has 0 aromatic carbocycles. The van der Waals surface area contributed by atoms with Crippen molar-refractivity contribution in [2.24, 2.45) is 0 Å². The monoisotopic (exact) mass is 171 g/mol. The van der Waals surface area contributed by atoms with Crippen LogP contribution < -0.4 is 5.73 Å². The van der Waals surface area contributed by atoms with Gasteiger partial charge >= 0.3 is 5.97 Å². The molecule has 1 rings (SSSR count). The second-order valence-corrected chi connectivity index (χ2v) is 2.09. The summed E-state index contributed by atoms with van der Waals surface area (Å²) in [5.41, 5.74) is 5.34. The number of nitrogens with two attached hydrogens (primary N) is 1. The summed E-state index contributed by atoms with van der Waals surface area (Å²) in [7, 11) is 1.32. The highest BCUT2D eigenvalue weighted by molar-refractivity contribution is 5.68. The average Bonchev–Trinajstić information content (AvgIpc) is 2.47. The van der Waals surface area contributed by atoms with E-state index < -0.39 is 0 Å². The average molecular weight is 171 g/mol. The lowest BCUT2D eigenvalue weighted by Crippen LogP contribution is -2.10. The number of hydrogen-bond acceptors (Lipinski definition) is 6. The summed E-state index contributed by atoms with van der Waals surface area (Å²) < 4.78 is 5.76. The van der Waals surface area contributed by atoms with Gasteiger partial charge in [0, 0.05) is 0 Å². The number of hydrogen-bond donors (Lipinski definition) is 1. The largest absolute Gasteiger partial charge is 0.469 e. The molecule has 0 fully saturated rings. The normalized spacial score (nSPS) is 9.75. The fraction of sp³-hybridized carbons (Fsp3) is 0.600. The smallest absolute Gasteiger partial charge is 0.307 e. The molecule has 1 aromatic rings. The number of nitrogens with zero attached hydrogens (tertiary/aromatic N) is 4. The van der Waals surface area contributed by atoms with E-state index in [0.29, 0.717) is 6.54 Å². The number of methoxy groups -OCH3 is 1. The van der Waals surface area contributed by atoms with Crippen molar-refractivity contribution in [2.45, 2.75) is 13.0 Å². The van der Waals surface area contributed by atoms with Crippen molar-refractivity contribution in [1.82, 2.24) is 20.2 Å². The summed E-state index contributed by atoms with van der Waals surface area (Å²) in [5.74, 6) is -0.121. The Labute approximate surface area is 68.5 Å². The van der Waals surface area contributed by atoms with Crippen LogP contribution in [0, 0.1) is 0 Å². The Morgan fingerprint density at radius 2 is 2.50 bits per heavy atom. The van der Waals surface area contributed by atoms with Crippen molar-refractivity contribution < 1.29 is 9.53 Å². The van der Waals surface area contributed by atoms with E-state index in [0.717, 1.165) is 0 Å². The number of esters is 1. The highest BCUT2D eigenvalue weighted by Gasteiger charge is 2.04. The first-order chi connectivity index (χ1) is 5.74. The first-order valence-electron chi connectivity index (χ1n) is 3.32. The molecule has 0 saturated carbocycles. The summed E-state index contributed by atoms with van der Waals surface area (Å²) in [4.78, 5) is 10.7. The van der Waals surface area contributed by atoms with Crippen LogP contribution in [-0.2, 0) is 16.1 Å². The highest BCUT2D eigenvalue weighted by Crippen LogP contribution is 1.95. The van der Waals surface area contributed by atoms with Gasteiger partial charge in [-0.15, -0.1) is 0 Å². The summed E-state index contributed by atoms with van der Waals surface area (Å²) in [6.07, 6.45) is 0.214. The van der Waals surface area contributed by atoms with Gasteiger partial charge in [0.15, 0.2) is 0 Å². The van der Waals surface area contributed by atoms with E-state index in [1.807, 2.05) is 0 Å². The molecular weight excluding hydrogens is 162 g/mol. The van der Waals surface area contributed by atoms with E-state index >= 15 is 0 Å². The second kappa shape index (κ2) is 3.65. The van der Waals surface area contributed by atoms with Crippen LogP contribution in [0.3, 0.4) is 0 Å². The molecule has 1 aromatic heterocycles. The van der Waals surface area contributed by atoms with Crippen LogP contribution in [0.1, 0.15) is 6.42 Å². The molecule has 2 N–H and O–H groups in total. The minimum Gasteiger partial charge on any atom is -0.469 e. The summed E-state index contributed by atoms with van der Waals surface area (Å²) in [6, 6.07) is 0. The zero-order chi connectivity index (χ0) is 8.97. The molecule has 0 bridgehead atoms. The molecule has 0 spiro atoms. The zero-order valence-electron chi connectivity index (χ0n) is 6.60. The van der Waals surface area contributed by atoms with Crippen molar-refractivity contribution >= 4 is 11.9 Å². The number of anilines is 1. The van der Waals surface area contributed by atoms with Gasteiger partial charge in [-0.25, -0.2) is 4.68 Å². The molecule has 1 heterocycles. The number of tetrazole rings is 1. The van der Waals surface area contributed by atoms with Gasteiger partial charge in [-0.05, 0) is 10.4 Å². The van der Waals surface area contributed by atoms with Crippen molar-refractivity contribution in [3.63, 3.8) is 0 Å². The van der Waals surface area contributed by atoms with Crippen LogP contribution in [-0.4, -0.2) is 33.3 Å².